The summed E-state index contributed by atoms with van der Waals surface area (Å²) in [5.74, 6) is -0.577. The maximum atomic E-state index is 11.3. The van der Waals surface area contributed by atoms with Crippen LogP contribution in [0.3, 0.4) is 0 Å². The summed E-state index contributed by atoms with van der Waals surface area (Å²) < 4.78 is 4.59. The molecule has 0 radical (unpaired) electrons. The van der Waals surface area contributed by atoms with Gasteiger partial charge in [0.05, 0.1) is 7.11 Å². The molecule has 3 heteroatoms. The first-order valence-electron chi connectivity index (χ1n) is 3.90. The number of ether oxygens (including phenoxy) is 1. The highest BCUT2D eigenvalue weighted by Gasteiger charge is 2.43. The molecule has 0 saturated carbocycles. The standard InChI is InChI=1S/C9H12O3/c1-7(10)9(8(11)12-2)5-3-4-6-9/h3,5H,4,6H2,1-2H3. The quantitative estimate of drug-likeness (QED) is 0.352. The van der Waals surface area contributed by atoms with Gasteiger partial charge in [-0.1, -0.05) is 12.2 Å². The summed E-state index contributed by atoms with van der Waals surface area (Å²) in [5.41, 5.74) is -0.977. The molecule has 0 amide bonds. The average molecular weight is 168 g/mol. The zero-order valence-electron chi connectivity index (χ0n) is 7.29. The third-order valence-corrected chi connectivity index (χ3v) is 2.29. The molecule has 1 aliphatic carbocycles. The summed E-state index contributed by atoms with van der Waals surface area (Å²) in [6, 6.07) is 0. The number of carbonyl (C=O) groups excluding carboxylic acids is 2. The lowest BCUT2D eigenvalue weighted by Gasteiger charge is -2.20. The molecule has 0 aliphatic heterocycles. The Morgan fingerprint density at radius 2 is 2.17 bits per heavy atom. The molecule has 1 atom stereocenters. The third kappa shape index (κ3) is 1.15. The highest BCUT2D eigenvalue weighted by molar-refractivity contribution is 6.05. The van der Waals surface area contributed by atoms with Crippen LogP contribution >= 0.6 is 0 Å². The van der Waals surface area contributed by atoms with Gasteiger partial charge < -0.3 is 4.74 Å². The number of allylic oxidation sites excluding steroid dienone is 1. The van der Waals surface area contributed by atoms with Crippen LogP contribution in [0.5, 0.6) is 0 Å². The van der Waals surface area contributed by atoms with Gasteiger partial charge in [-0.15, -0.1) is 0 Å². The van der Waals surface area contributed by atoms with Gasteiger partial charge in [0, 0.05) is 0 Å². The second-order valence-electron chi connectivity index (χ2n) is 2.96. The summed E-state index contributed by atoms with van der Waals surface area (Å²) in [6.45, 7) is 1.42. The molecule has 66 valence electrons. The van der Waals surface area contributed by atoms with Crippen molar-refractivity contribution in [3.63, 3.8) is 0 Å². The van der Waals surface area contributed by atoms with E-state index in [0.717, 1.165) is 6.42 Å². The molecule has 12 heavy (non-hydrogen) atoms. The van der Waals surface area contributed by atoms with E-state index in [9.17, 15) is 9.59 Å². The first-order valence-corrected chi connectivity index (χ1v) is 3.90. The Balaban J connectivity index is 2.95. The van der Waals surface area contributed by atoms with Gasteiger partial charge in [0.2, 0.25) is 0 Å². The van der Waals surface area contributed by atoms with E-state index in [4.69, 9.17) is 0 Å². The average Bonchev–Trinajstić information content (AvgIpc) is 2.52. The number of ketones is 1. The molecule has 0 N–H and O–H groups in total. The Morgan fingerprint density at radius 3 is 2.50 bits per heavy atom. The summed E-state index contributed by atoms with van der Waals surface area (Å²) >= 11 is 0. The maximum absolute atomic E-state index is 11.3. The zero-order valence-corrected chi connectivity index (χ0v) is 7.29. The van der Waals surface area contributed by atoms with Crippen molar-refractivity contribution in [1.82, 2.24) is 0 Å². The fourth-order valence-corrected chi connectivity index (χ4v) is 1.47. The predicted octanol–water partition coefficient (Wildman–Crippen LogP) is 1.08. The van der Waals surface area contributed by atoms with E-state index in [2.05, 4.69) is 4.74 Å². The largest absolute Gasteiger partial charge is 0.468 e. The fraction of sp³-hybridized carbons (Fsp3) is 0.556. The van der Waals surface area contributed by atoms with Crippen molar-refractivity contribution in [2.24, 2.45) is 5.41 Å². The molecule has 0 spiro atoms. The number of methoxy groups -OCH3 is 1. The normalized spacial score (nSPS) is 27.2. The van der Waals surface area contributed by atoms with Crippen LogP contribution in [0.1, 0.15) is 19.8 Å². The Hall–Kier alpha value is -1.12. The topological polar surface area (TPSA) is 43.4 Å². The summed E-state index contributed by atoms with van der Waals surface area (Å²) in [6.07, 6.45) is 4.82. The molecule has 0 bridgehead atoms. The lowest BCUT2D eigenvalue weighted by atomic mass is 9.84. The van der Waals surface area contributed by atoms with Gasteiger partial charge in [0.15, 0.2) is 5.78 Å². The van der Waals surface area contributed by atoms with Crippen molar-refractivity contribution < 1.29 is 14.3 Å². The highest BCUT2D eigenvalue weighted by Crippen LogP contribution is 2.34. The van der Waals surface area contributed by atoms with Crippen LogP contribution in [0.15, 0.2) is 12.2 Å². The van der Waals surface area contributed by atoms with Gasteiger partial charge in [-0.2, -0.15) is 0 Å². The second kappa shape index (κ2) is 3.09. The van der Waals surface area contributed by atoms with Crippen LogP contribution in [0.2, 0.25) is 0 Å². The number of carbonyl (C=O) groups is 2. The monoisotopic (exact) mass is 168 g/mol. The predicted molar refractivity (Wildman–Crippen MR) is 43.5 cm³/mol. The van der Waals surface area contributed by atoms with Crippen molar-refractivity contribution in [3.05, 3.63) is 12.2 Å². The van der Waals surface area contributed by atoms with Crippen LogP contribution in [0.25, 0.3) is 0 Å². The molecular weight excluding hydrogens is 156 g/mol. The molecule has 0 aromatic carbocycles. The van der Waals surface area contributed by atoms with E-state index in [1.165, 1.54) is 14.0 Å². The van der Waals surface area contributed by atoms with E-state index in [1.807, 2.05) is 6.08 Å². The van der Waals surface area contributed by atoms with Gasteiger partial charge >= 0.3 is 5.97 Å². The molecule has 0 heterocycles. The Labute approximate surface area is 71.4 Å². The lowest BCUT2D eigenvalue weighted by molar-refractivity contribution is -0.154. The minimum absolute atomic E-state index is 0.136. The van der Waals surface area contributed by atoms with Crippen LogP contribution < -0.4 is 0 Å². The number of rotatable bonds is 2. The number of hydrogen-bond donors (Lipinski definition) is 0. The van der Waals surface area contributed by atoms with Gasteiger partial charge in [0.1, 0.15) is 5.41 Å². The SMILES string of the molecule is COC(=O)C1(C(C)=O)C=CCC1. The highest BCUT2D eigenvalue weighted by atomic mass is 16.5. The zero-order chi connectivity index (χ0) is 9.19. The molecular formula is C9H12O3. The van der Waals surface area contributed by atoms with Crippen LogP contribution in [-0.2, 0) is 14.3 Å². The van der Waals surface area contributed by atoms with Crippen molar-refractivity contribution in [3.8, 4) is 0 Å². The summed E-state index contributed by atoms with van der Waals surface area (Å²) in [5, 5.41) is 0. The molecule has 0 aromatic heterocycles. The fourth-order valence-electron chi connectivity index (χ4n) is 1.47. The molecule has 1 rings (SSSR count). The first-order chi connectivity index (χ1) is 5.63. The minimum atomic E-state index is -0.977. The lowest BCUT2D eigenvalue weighted by Crippen LogP contribution is -2.35. The molecule has 0 saturated heterocycles. The van der Waals surface area contributed by atoms with Gasteiger partial charge in [0.25, 0.3) is 0 Å². The van der Waals surface area contributed by atoms with Gasteiger partial charge in [-0.05, 0) is 19.8 Å². The van der Waals surface area contributed by atoms with Crippen LogP contribution in [-0.4, -0.2) is 18.9 Å². The maximum Gasteiger partial charge on any atom is 0.323 e. The molecule has 1 aliphatic rings. The molecule has 0 aromatic rings. The van der Waals surface area contributed by atoms with Gasteiger partial charge in [-0.25, -0.2) is 0 Å². The Kier molecular flexibility index (Phi) is 2.31. The van der Waals surface area contributed by atoms with E-state index in [1.54, 1.807) is 6.08 Å². The van der Waals surface area contributed by atoms with Crippen LogP contribution in [0.4, 0.5) is 0 Å². The Bertz CT molecular complexity index is 242. The minimum Gasteiger partial charge on any atom is -0.468 e. The van der Waals surface area contributed by atoms with E-state index < -0.39 is 11.4 Å². The number of Topliss-reactive ketones (excluding diaryl/α,β-unsaturated/α-hetero) is 1. The van der Waals surface area contributed by atoms with E-state index in [0.29, 0.717) is 6.42 Å². The number of hydrogen-bond acceptors (Lipinski definition) is 3. The molecule has 1 unspecified atom stereocenters. The smallest absolute Gasteiger partial charge is 0.323 e. The van der Waals surface area contributed by atoms with Crippen molar-refractivity contribution in [2.45, 2.75) is 19.8 Å². The van der Waals surface area contributed by atoms with E-state index in [-0.39, 0.29) is 5.78 Å². The molecule has 0 fully saturated rings. The third-order valence-electron chi connectivity index (χ3n) is 2.29. The van der Waals surface area contributed by atoms with E-state index >= 15 is 0 Å². The second-order valence-corrected chi connectivity index (χ2v) is 2.96. The van der Waals surface area contributed by atoms with Crippen LogP contribution in [0, 0.1) is 5.41 Å². The summed E-state index contributed by atoms with van der Waals surface area (Å²) in [4.78, 5) is 22.5. The van der Waals surface area contributed by atoms with Crippen molar-refractivity contribution in [2.75, 3.05) is 7.11 Å². The Morgan fingerprint density at radius 1 is 1.50 bits per heavy atom. The van der Waals surface area contributed by atoms with Gasteiger partial charge in [-0.3, -0.25) is 9.59 Å². The first kappa shape index (κ1) is 8.97. The molecule has 3 nitrogen and oxygen atoms in total. The number of esters is 1. The van der Waals surface area contributed by atoms with Crippen molar-refractivity contribution >= 4 is 11.8 Å². The van der Waals surface area contributed by atoms with Crippen molar-refractivity contribution in [1.29, 1.82) is 0 Å². The summed E-state index contributed by atoms with van der Waals surface area (Å²) in [7, 11) is 1.30.